The van der Waals surface area contributed by atoms with E-state index in [9.17, 15) is 9.59 Å². The van der Waals surface area contributed by atoms with Gasteiger partial charge in [-0.2, -0.15) is 0 Å². The number of nitrogens with two attached hydrogens (primary N) is 2. The van der Waals surface area contributed by atoms with Gasteiger partial charge in [-0.1, -0.05) is 35.6 Å². The van der Waals surface area contributed by atoms with E-state index in [4.69, 9.17) is 35.2 Å². The number of rotatable bonds is 17. The molecule has 2 aliphatic rings. The second-order valence-electron chi connectivity index (χ2n) is 14.8. The molecule has 8 N–H and O–H groups in total. The lowest BCUT2D eigenvalue weighted by atomic mass is 10.0. The number of nitrogens with one attached hydrogen (secondary N) is 4. The van der Waals surface area contributed by atoms with Crippen LogP contribution in [0, 0.1) is 0 Å². The van der Waals surface area contributed by atoms with Gasteiger partial charge in [-0.3, -0.25) is 14.5 Å². The lowest BCUT2D eigenvalue weighted by Gasteiger charge is -2.26. The molecule has 0 radical (unpaired) electrons. The molecule has 0 spiro atoms. The largest absolute Gasteiger partial charge is 0.493 e. The second-order valence-corrected chi connectivity index (χ2v) is 16.5. The minimum Gasteiger partial charge on any atom is -0.493 e. The van der Waals surface area contributed by atoms with Gasteiger partial charge in [-0.15, -0.1) is 11.3 Å². The van der Waals surface area contributed by atoms with Crippen LogP contribution >= 0.6 is 22.7 Å². The Labute approximate surface area is 380 Å². The molecule has 4 aromatic carbocycles. The fourth-order valence-electron chi connectivity index (χ4n) is 6.79. The molecule has 17 heteroatoms. The topological polar surface area (TPSA) is 197 Å². The normalized spacial score (nSPS) is 13.5. The number of carbonyl (C=O) groups excluding carboxylic acids is 2. The number of fused-ring (bicyclic) bond motifs is 1. The van der Waals surface area contributed by atoms with E-state index in [0.29, 0.717) is 70.8 Å². The number of thiazole rings is 1. The summed E-state index contributed by atoms with van der Waals surface area (Å²) in [4.78, 5) is 31.8. The summed E-state index contributed by atoms with van der Waals surface area (Å²) in [6, 6.07) is 24.6. The number of hydrogen-bond donors (Lipinski definition) is 6. The number of ether oxygens (including phenoxy) is 5. The summed E-state index contributed by atoms with van der Waals surface area (Å²) in [5, 5.41) is 16.8. The maximum Gasteiger partial charge on any atom is 0.255 e. The monoisotopic (exact) mass is 904 g/mol. The van der Waals surface area contributed by atoms with E-state index < -0.39 is 0 Å². The number of benzene rings is 4. The Morgan fingerprint density at radius 3 is 2.02 bits per heavy atom. The number of carbonyl (C=O) groups is 2. The highest BCUT2D eigenvalue weighted by atomic mass is 32.1. The van der Waals surface area contributed by atoms with Crippen LogP contribution in [-0.2, 0) is 17.8 Å². The van der Waals surface area contributed by atoms with Crippen LogP contribution in [0.3, 0.4) is 0 Å². The van der Waals surface area contributed by atoms with Gasteiger partial charge >= 0.3 is 0 Å². The van der Waals surface area contributed by atoms with Crippen molar-refractivity contribution in [3.8, 4) is 23.0 Å². The van der Waals surface area contributed by atoms with Crippen molar-refractivity contribution in [1.29, 1.82) is 0 Å². The van der Waals surface area contributed by atoms with Crippen LogP contribution in [0.2, 0.25) is 0 Å². The standard InChI is InChI=1S/C26H29N5O3S.C21H23N3O4S/c1-17-14-21(27)24(17)30-25(32)19-4-2-18(3-5-19)16-28-26-29-22-7-6-20(15-23(22)35-26)34-13-10-31-8-11-33-12-9-31;1-26-18-8-15(9-19(27-2)20(18)28-3)23-10-13-4-6-14(7-5-13)21(25)24-17-12-29-11-16(17)22/h2-7,14-15H,8-13,16,27H2,1H3,(H,28,29)(H,30,32);4-9,11-12,23H,10,22H2,1-3H3,(H,24,25). The fraction of sp³-hybridized carbons (Fsp3) is 0.255. The Morgan fingerprint density at radius 1 is 0.797 bits per heavy atom. The molecule has 2 amide bonds. The molecular formula is C47H52N8O7S2. The molecule has 0 atom stereocenters. The van der Waals surface area contributed by atoms with Crippen LogP contribution in [0.4, 0.5) is 22.2 Å². The number of amides is 2. The van der Waals surface area contributed by atoms with Crippen LogP contribution < -0.4 is 51.7 Å². The third kappa shape index (κ3) is 11.6. The Balaban J connectivity index is 0.000000195. The van der Waals surface area contributed by atoms with Gasteiger partial charge in [0.15, 0.2) is 16.6 Å². The Bertz CT molecular complexity index is 2590. The minimum atomic E-state index is -0.195. The van der Waals surface area contributed by atoms with E-state index in [2.05, 4.69) is 31.2 Å². The molecule has 8 rings (SSSR count). The number of hydrogen-bond acceptors (Lipinski definition) is 15. The SMILES string of the molecule is CC1=CC(N)=C1NC(=O)c1ccc(CNc2nc3ccc(OCCN4CCOCC4)cc3s2)cc1.COc1cc(NCc2ccc(C(=O)Nc3cscc3N)cc2)cc(OC)c1OC. The summed E-state index contributed by atoms with van der Waals surface area (Å²) in [6.07, 6.45) is 1.84. The van der Waals surface area contributed by atoms with Gasteiger partial charge in [-0.25, -0.2) is 4.98 Å². The molecule has 0 saturated carbocycles. The summed E-state index contributed by atoms with van der Waals surface area (Å²) < 4.78 is 28.5. The predicted molar refractivity (Wildman–Crippen MR) is 255 cm³/mol. The van der Waals surface area contributed by atoms with Crippen LogP contribution in [0.25, 0.3) is 10.2 Å². The van der Waals surface area contributed by atoms with Gasteiger partial charge in [-0.05, 0) is 72.2 Å². The maximum absolute atomic E-state index is 12.4. The number of methoxy groups -OCH3 is 3. The molecule has 15 nitrogen and oxygen atoms in total. The molecule has 0 unspecified atom stereocenters. The number of morpholine rings is 1. The first-order valence-corrected chi connectivity index (χ1v) is 22.3. The van der Waals surface area contributed by atoms with Gasteiger partial charge in [0.25, 0.3) is 11.8 Å². The third-order valence-corrected chi connectivity index (χ3v) is 12.1. The van der Waals surface area contributed by atoms with Crippen molar-refractivity contribution < 1.29 is 33.3 Å². The fourth-order valence-corrected chi connectivity index (χ4v) is 8.35. The first-order chi connectivity index (χ1) is 31.1. The van der Waals surface area contributed by atoms with Crippen LogP contribution in [0.5, 0.6) is 23.0 Å². The summed E-state index contributed by atoms with van der Waals surface area (Å²) in [5.74, 6) is 2.20. The average molecular weight is 905 g/mol. The maximum atomic E-state index is 12.4. The van der Waals surface area contributed by atoms with Crippen LogP contribution in [0.15, 0.2) is 113 Å². The Hall–Kier alpha value is -6.79. The van der Waals surface area contributed by atoms with Gasteiger partial charge in [0.2, 0.25) is 5.75 Å². The summed E-state index contributed by atoms with van der Waals surface area (Å²) in [5.41, 5.74) is 20.1. The Morgan fingerprint density at radius 2 is 1.44 bits per heavy atom. The summed E-state index contributed by atoms with van der Waals surface area (Å²) in [6.45, 7) is 8.19. The predicted octanol–water partition coefficient (Wildman–Crippen LogP) is 7.70. The van der Waals surface area contributed by atoms with E-state index in [1.165, 1.54) is 11.3 Å². The first kappa shape index (κ1) is 45.2. The lowest BCUT2D eigenvalue weighted by Crippen LogP contribution is -2.38. The quantitative estimate of drug-likeness (QED) is 0.0522. The molecule has 0 bridgehead atoms. The number of nitrogen functional groups attached to an aromatic ring is 1. The smallest absolute Gasteiger partial charge is 0.255 e. The number of allylic oxidation sites excluding steroid dienone is 2. The second kappa shape index (κ2) is 21.5. The van der Waals surface area contributed by atoms with Gasteiger partial charge in [0, 0.05) is 72.4 Å². The molecular weight excluding hydrogens is 853 g/mol. The van der Waals surface area contributed by atoms with Crippen molar-refractivity contribution in [2.45, 2.75) is 20.0 Å². The summed E-state index contributed by atoms with van der Waals surface area (Å²) >= 11 is 3.04. The number of thiophene rings is 1. The van der Waals surface area contributed by atoms with Crippen LogP contribution in [-0.4, -0.2) is 82.5 Å². The average Bonchev–Trinajstić information content (AvgIpc) is 3.94. The van der Waals surface area contributed by atoms with E-state index in [0.717, 1.165) is 76.3 Å². The van der Waals surface area contributed by atoms with Crippen molar-refractivity contribution >= 4 is 66.9 Å². The number of aromatic nitrogens is 1. The van der Waals surface area contributed by atoms with Crippen LogP contribution in [0.1, 0.15) is 38.8 Å². The molecule has 1 aliphatic heterocycles. The van der Waals surface area contributed by atoms with E-state index in [1.54, 1.807) is 50.2 Å². The molecule has 3 heterocycles. The number of nitrogens with zero attached hydrogens (tertiary/aromatic N) is 2. The van der Waals surface area contributed by atoms with Gasteiger partial charge < -0.3 is 56.4 Å². The highest BCUT2D eigenvalue weighted by Crippen LogP contribution is 2.40. The molecule has 334 valence electrons. The lowest BCUT2D eigenvalue weighted by molar-refractivity contribution is 0.0322. The zero-order chi connectivity index (χ0) is 45.0. The van der Waals surface area contributed by atoms with Crippen molar-refractivity contribution in [2.75, 3.05) is 82.5 Å². The summed E-state index contributed by atoms with van der Waals surface area (Å²) in [7, 11) is 4.72. The minimum absolute atomic E-state index is 0.163. The van der Waals surface area contributed by atoms with Crippen molar-refractivity contribution in [2.24, 2.45) is 5.73 Å². The van der Waals surface area contributed by atoms with Gasteiger partial charge in [0.1, 0.15) is 12.4 Å². The van der Waals surface area contributed by atoms with E-state index in [-0.39, 0.29) is 11.8 Å². The van der Waals surface area contributed by atoms with Crippen molar-refractivity contribution in [1.82, 2.24) is 15.2 Å². The highest BCUT2D eigenvalue weighted by Gasteiger charge is 2.18. The third-order valence-electron chi connectivity index (χ3n) is 10.4. The van der Waals surface area contributed by atoms with Gasteiger partial charge in [0.05, 0.1) is 67.5 Å². The highest BCUT2D eigenvalue weighted by molar-refractivity contribution is 7.22. The van der Waals surface area contributed by atoms with E-state index in [1.807, 2.05) is 85.1 Å². The molecule has 64 heavy (non-hydrogen) atoms. The van der Waals surface area contributed by atoms with E-state index >= 15 is 0 Å². The zero-order valence-corrected chi connectivity index (χ0v) is 37.8. The first-order valence-electron chi connectivity index (χ1n) is 20.5. The van der Waals surface area contributed by atoms with Crippen molar-refractivity contribution in [3.05, 3.63) is 135 Å². The molecule has 1 fully saturated rings. The number of anilines is 4. The zero-order valence-electron chi connectivity index (χ0n) is 36.1. The molecule has 2 aromatic heterocycles. The Kier molecular flexibility index (Phi) is 15.2. The van der Waals surface area contributed by atoms with Crippen molar-refractivity contribution in [3.63, 3.8) is 0 Å². The molecule has 1 aliphatic carbocycles. The molecule has 6 aromatic rings. The molecule has 1 saturated heterocycles.